The lowest BCUT2D eigenvalue weighted by Gasteiger charge is -2.27. The van der Waals surface area contributed by atoms with E-state index in [1.165, 1.54) is 44.4 Å². The quantitative estimate of drug-likeness (QED) is 0.157. The zero-order valence-corrected chi connectivity index (χ0v) is 31.6. The molecule has 0 saturated heterocycles. The molecule has 0 amide bonds. The van der Waals surface area contributed by atoms with E-state index < -0.39 is 0 Å². The summed E-state index contributed by atoms with van der Waals surface area (Å²) < 4.78 is 2.35. The zero-order valence-electron chi connectivity index (χ0n) is 31.6. The zero-order chi connectivity index (χ0) is 36.9. The summed E-state index contributed by atoms with van der Waals surface area (Å²) in [6.07, 6.45) is 1.98. The van der Waals surface area contributed by atoms with Crippen molar-refractivity contribution in [1.82, 2.24) is 9.55 Å². The predicted molar refractivity (Wildman–Crippen MR) is 229 cm³/mol. The molecule has 0 bridgehead atoms. The third-order valence-electron chi connectivity index (χ3n) is 10.9. The number of benzene rings is 6. The SMILES string of the molecule is CC(C)c1cccc(C(C)C)c1-c1ccnc(-n2c3ccccc3c3ccc(N(c4ccccc4)c4cccc(N5CN(C)c6ccccc65)c4)cc32)c1. The minimum absolute atomic E-state index is 0.398. The van der Waals surface area contributed by atoms with E-state index in [-0.39, 0.29) is 0 Å². The molecule has 8 aromatic rings. The Kier molecular flexibility index (Phi) is 8.42. The van der Waals surface area contributed by atoms with Gasteiger partial charge in [-0.25, -0.2) is 4.98 Å². The molecule has 3 heterocycles. The van der Waals surface area contributed by atoms with Crippen molar-refractivity contribution in [2.45, 2.75) is 39.5 Å². The molecule has 0 saturated carbocycles. The second kappa shape index (κ2) is 13.6. The standard InChI is InChI=1S/C49H45N5/c1-33(2)40-20-14-21-41(34(3)4)49(40)35-27-28-50-48(29-35)54-44-22-10-9-19-42(44)43-26-25-39(31-47(43)54)53(36-15-7-6-8-16-36)38-18-13-17-37(30-38)52-32-51(5)45-23-11-12-24-46(45)52/h6-31,33-34H,32H2,1-5H3. The van der Waals surface area contributed by atoms with E-state index in [0.717, 1.165) is 46.3 Å². The molecule has 0 fully saturated rings. The van der Waals surface area contributed by atoms with Gasteiger partial charge < -0.3 is 14.7 Å². The van der Waals surface area contributed by atoms with Gasteiger partial charge in [-0.3, -0.25) is 4.57 Å². The predicted octanol–water partition coefficient (Wildman–Crippen LogP) is 13.1. The number of nitrogens with zero attached hydrogens (tertiary/aromatic N) is 5. The van der Waals surface area contributed by atoms with E-state index in [1.54, 1.807) is 0 Å². The maximum absolute atomic E-state index is 5.07. The van der Waals surface area contributed by atoms with Crippen LogP contribution in [0.15, 0.2) is 158 Å². The summed E-state index contributed by atoms with van der Waals surface area (Å²) in [5, 5.41) is 2.41. The second-order valence-electron chi connectivity index (χ2n) is 15.0. The average molecular weight is 704 g/mol. The van der Waals surface area contributed by atoms with Crippen LogP contribution in [-0.2, 0) is 0 Å². The fourth-order valence-electron chi connectivity index (χ4n) is 8.35. The van der Waals surface area contributed by atoms with Gasteiger partial charge >= 0.3 is 0 Å². The average Bonchev–Trinajstić information content (AvgIpc) is 3.72. The van der Waals surface area contributed by atoms with Crippen molar-refractivity contribution in [3.8, 4) is 16.9 Å². The lowest BCUT2D eigenvalue weighted by Crippen LogP contribution is -2.24. The van der Waals surface area contributed by atoms with E-state index in [9.17, 15) is 0 Å². The Balaban J connectivity index is 1.22. The van der Waals surface area contributed by atoms with E-state index >= 15 is 0 Å². The maximum atomic E-state index is 5.07. The van der Waals surface area contributed by atoms with Crippen molar-refractivity contribution >= 4 is 55.9 Å². The highest BCUT2D eigenvalue weighted by molar-refractivity contribution is 6.10. The molecule has 0 spiro atoms. The summed E-state index contributed by atoms with van der Waals surface area (Å²) in [5.41, 5.74) is 14.4. The molecule has 1 aliphatic heterocycles. The van der Waals surface area contributed by atoms with Gasteiger partial charge in [-0.15, -0.1) is 0 Å². The highest BCUT2D eigenvalue weighted by Gasteiger charge is 2.25. The van der Waals surface area contributed by atoms with Crippen LogP contribution in [0.4, 0.5) is 34.1 Å². The minimum Gasteiger partial charge on any atom is -0.355 e. The van der Waals surface area contributed by atoms with Gasteiger partial charge in [0.1, 0.15) is 5.82 Å². The van der Waals surface area contributed by atoms with Crippen LogP contribution < -0.4 is 14.7 Å². The highest BCUT2D eigenvalue weighted by Crippen LogP contribution is 2.44. The van der Waals surface area contributed by atoms with Gasteiger partial charge in [0.15, 0.2) is 0 Å². The van der Waals surface area contributed by atoms with Gasteiger partial charge in [-0.2, -0.15) is 0 Å². The molecule has 54 heavy (non-hydrogen) atoms. The molecule has 0 radical (unpaired) electrons. The van der Waals surface area contributed by atoms with Crippen molar-refractivity contribution < 1.29 is 0 Å². The lowest BCUT2D eigenvalue weighted by molar-refractivity contribution is 0.838. The molecule has 2 aromatic heterocycles. The van der Waals surface area contributed by atoms with Crippen molar-refractivity contribution in [2.75, 3.05) is 28.4 Å². The van der Waals surface area contributed by atoms with Crippen LogP contribution >= 0.6 is 0 Å². The van der Waals surface area contributed by atoms with Gasteiger partial charge in [0.2, 0.25) is 0 Å². The number of hydrogen-bond acceptors (Lipinski definition) is 4. The number of para-hydroxylation sites is 4. The molecule has 266 valence electrons. The number of rotatable bonds is 8. The van der Waals surface area contributed by atoms with Crippen LogP contribution in [-0.4, -0.2) is 23.3 Å². The Morgan fingerprint density at radius 1 is 0.556 bits per heavy atom. The van der Waals surface area contributed by atoms with E-state index in [1.807, 2.05) is 6.20 Å². The number of anilines is 6. The highest BCUT2D eigenvalue weighted by atomic mass is 15.4. The number of pyridine rings is 1. The summed E-state index contributed by atoms with van der Waals surface area (Å²) in [4.78, 5) is 12.1. The molecule has 5 nitrogen and oxygen atoms in total. The summed E-state index contributed by atoms with van der Waals surface area (Å²) >= 11 is 0. The molecular formula is C49H45N5. The summed E-state index contributed by atoms with van der Waals surface area (Å²) in [7, 11) is 2.16. The fraction of sp³-hybridized carbons (Fsp3) is 0.163. The van der Waals surface area contributed by atoms with E-state index in [4.69, 9.17) is 4.98 Å². The Morgan fingerprint density at radius 2 is 1.20 bits per heavy atom. The minimum atomic E-state index is 0.398. The second-order valence-corrected chi connectivity index (χ2v) is 15.0. The fourth-order valence-corrected chi connectivity index (χ4v) is 8.35. The number of fused-ring (bicyclic) bond motifs is 4. The monoisotopic (exact) mass is 703 g/mol. The third kappa shape index (κ3) is 5.68. The number of aromatic nitrogens is 2. The first kappa shape index (κ1) is 33.5. The Morgan fingerprint density at radius 3 is 1.98 bits per heavy atom. The molecule has 9 rings (SSSR count). The molecule has 6 aromatic carbocycles. The molecule has 5 heteroatoms. The van der Waals surface area contributed by atoms with E-state index in [2.05, 4.69) is 206 Å². The summed E-state index contributed by atoms with van der Waals surface area (Å²) in [6.45, 7) is 9.95. The molecule has 1 aliphatic rings. The van der Waals surface area contributed by atoms with Gasteiger partial charge in [-0.05, 0) is 107 Å². The normalized spacial score (nSPS) is 12.7. The van der Waals surface area contributed by atoms with Gasteiger partial charge in [-0.1, -0.05) is 107 Å². The Bertz CT molecular complexity index is 2610. The molecule has 0 aliphatic carbocycles. The topological polar surface area (TPSA) is 27.5 Å². The summed E-state index contributed by atoms with van der Waals surface area (Å²) in [6, 6.07) is 55.1. The van der Waals surface area contributed by atoms with Crippen molar-refractivity contribution in [3.63, 3.8) is 0 Å². The van der Waals surface area contributed by atoms with Crippen molar-refractivity contribution in [2.24, 2.45) is 0 Å². The molecular weight excluding hydrogens is 659 g/mol. The van der Waals surface area contributed by atoms with Crippen LogP contribution in [0.25, 0.3) is 38.8 Å². The maximum Gasteiger partial charge on any atom is 0.138 e. The van der Waals surface area contributed by atoms with Gasteiger partial charge in [0, 0.05) is 46.8 Å². The van der Waals surface area contributed by atoms with Crippen LogP contribution in [0.3, 0.4) is 0 Å². The molecule has 0 atom stereocenters. The van der Waals surface area contributed by atoms with Crippen LogP contribution in [0.1, 0.15) is 50.7 Å². The van der Waals surface area contributed by atoms with E-state index in [0.29, 0.717) is 11.8 Å². The third-order valence-corrected chi connectivity index (χ3v) is 10.9. The first-order valence-corrected chi connectivity index (χ1v) is 19.0. The van der Waals surface area contributed by atoms with Crippen LogP contribution in [0, 0.1) is 0 Å². The van der Waals surface area contributed by atoms with Gasteiger partial charge in [0.25, 0.3) is 0 Å². The summed E-state index contributed by atoms with van der Waals surface area (Å²) in [5.74, 6) is 1.71. The van der Waals surface area contributed by atoms with Crippen LogP contribution in [0.5, 0.6) is 0 Å². The largest absolute Gasteiger partial charge is 0.355 e. The first-order chi connectivity index (χ1) is 26.4. The van der Waals surface area contributed by atoms with Crippen LogP contribution in [0.2, 0.25) is 0 Å². The molecule has 0 unspecified atom stereocenters. The van der Waals surface area contributed by atoms with Gasteiger partial charge in [0.05, 0.1) is 29.1 Å². The first-order valence-electron chi connectivity index (χ1n) is 19.0. The molecule has 0 N–H and O–H groups in total. The number of hydrogen-bond donors (Lipinski definition) is 0. The lowest BCUT2D eigenvalue weighted by atomic mass is 9.85. The van der Waals surface area contributed by atoms with Crippen molar-refractivity contribution in [1.29, 1.82) is 0 Å². The Labute approximate surface area is 318 Å². The van der Waals surface area contributed by atoms with Crippen molar-refractivity contribution in [3.05, 3.63) is 169 Å². The Hall–Kier alpha value is -6.33. The smallest absolute Gasteiger partial charge is 0.138 e.